The zero-order chi connectivity index (χ0) is 17.8. The molecule has 3 rings (SSSR count). The number of aromatic amines is 1. The maximum Gasteiger partial charge on any atom is 0.273 e. The highest BCUT2D eigenvalue weighted by Gasteiger charge is 2.16. The van der Waals surface area contributed by atoms with Crippen LogP contribution < -0.4 is 10.6 Å². The third-order valence-corrected chi connectivity index (χ3v) is 3.96. The van der Waals surface area contributed by atoms with E-state index in [2.05, 4.69) is 15.6 Å². The van der Waals surface area contributed by atoms with Crippen LogP contribution in [0.25, 0.3) is 10.9 Å². The number of aromatic nitrogens is 1. The number of methoxy groups -OCH3 is 1. The minimum atomic E-state index is -0.336. The average Bonchev–Trinajstić information content (AvgIpc) is 2.94. The highest BCUT2D eigenvalue weighted by Crippen LogP contribution is 2.27. The fraction of sp³-hybridized carbons (Fsp3) is 0.111. The predicted molar refractivity (Wildman–Crippen MR) is 98.2 cm³/mol. The Labute approximate surface area is 149 Å². The first kappa shape index (κ1) is 17.0. The van der Waals surface area contributed by atoms with Crippen LogP contribution in [-0.4, -0.2) is 30.5 Å². The van der Waals surface area contributed by atoms with E-state index in [-0.39, 0.29) is 18.4 Å². The highest BCUT2D eigenvalue weighted by atomic mass is 35.5. The average molecular weight is 358 g/mol. The van der Waals surface area contributed by atoms with Crippen LogP contribution in [0.2, 0.25) is 5.02 Å². The molecule has 0 bridgehead atoms. The first-order valence-corrected chi connectivity index (χ1v) is 7.92. The fourth-order valence-electron chi connectivity index (χ4n) is 2.42. The van der Waals surface area contributed by atoms with E-state index < -0.39 is 0 Å². The number of rotatable bonds is 5. The van der Waals surface area contributed by atoms with Gasteiger partial charge >= 0.3 is 0 Å². The first-order chi connectivity index (χ1) is 12.1. The highest BCUT2D eigenvalue weighted by molar-refractivity contribution is 6.39. The summed E-state index contributed by atoms with van der Waals surface area (Å²) < 4.78 is 4.75. The van der Waals surface area contributed by atoms with Gasteiger partial charge in [-0.25, -0.2) is 0 Å². The molecule has 3 aromatic rings. The Hall–Kier alpha value is -2.83. The van der Waals surface area contributed by atoms with Crippen LogP contribution in [0.5, 0.6) is 0 Å². The smallest absolute Gasteiger partial charge is 0.273 e. The van der Waals surface area contributed by atoms with E-state index in [1.165, 1.54) is 7.11 Å². The van der Waals surface area contributed by atoms with Crippen LogP contribution in [0.1, 0.15) is 10.5 Å². The summed E-state index contributed by atoms with van der Waals surface area (Å²) in [5, 5.41) is 6.63. The summed E-state index contributed by atoms with van der Waals surface area (Å²) in [6.07, 6.45) is 0. The van der Waals surface area contributed by atoms with Gasteiger partial charge in [-0.15, -0.1) is 0 Å². The van der Waals surface area contributed by atoms with Crippen molar-refractivity contribution in [3.05, 3.63) is 59.2 Å². The first-order valence-electron chi connectivity index (χ1n) is 7.55. The van der Waals surface area contributed by atoms with Gasteiger partial charge in [0.05, 0.1) is 5.02 Å². The molecule has 6 nitrogen and oxygen atoms in total. The van der Waals surface area contributed by atoms with Crippen molar-refractivity contribution in [1.82, 2.24) is 4.98 Å². The zero-order valence-electron chi connectivity index (χ0n) is 13.4. The fourth-order valence-corrected chi connectivity index (χ4v) is 2.72. The molecule has 0 aliphatic rings. The molecule has 2 amide bonds. The lowest BCUT2D eigenvalue weighted by atomic mass is 10.2. The summed E-state index contributed by atoms with van der Waals surface area (Å²) in [7, 11) is 1.45. The summed E-state index contributed by atoms with van der Waals surface area (Å²) in [6, 6.07) is 14.2. The van der Waals surface area contributed by atoms with E-state index in [0.717, 1.165) is 10.9 Å². The molecule has 0 saturated heterocycles. The Morgan fingerprint density at radius 3 is 2.32 bits per heavy atom. The number of benzene rings is 2. The number of fused-ring (bicyclic) bond motifs is 1. The van der Waals surface area contributed by atoms with Crippen LogP contribution in [-0.2, 0) is 9.53 Å². The molecule has 7 heteroatoms. The molecular formula is C18H16ClN3O3. The molecule has 1 heterocycles. The molecule has 0 radical (unpaired) electrons. The van der Waals surface area contributed by atoms with Gasteiger partial charge in [-0.3, -0.25) is 9.59 Å². The second kappa shape index (κ2) is 7.38. The lowest BCUT2D eigenvalue weighted by Gasteiger charge is -2.07. The van der Waals surface area contributed by atoms with E-state index in [9.17, 15) is 9.59 Å². The number of hydrogen-bond acceptors (Lipinski definition) is 3. The normalized spacial score (nSPS) is 10.6. The predicted octanol–water partition coefficient (Wildman–Crippen LogP) is 3.66. The van der Waals surface area contributed by atoms with E-state index in [0.29, 0.717) is 22.1 Å². The monoisotopic (exact) mass is 357 g/mol. The van der Waals surface area contributed by atoms with Crippen LogP contribution in [0, 0.1) is 0 Å². The van der Waals surface area contributed by atoms with Crippen molar-refractivity contribution in [3.63, 3.8) is 0 Å². The quantitative estimate of drug-likeness (QED) is 0.651. The van der Waals surface area contributed by atoms with Gasteiger partial charge in [0, 0.05) is 29.4 Å². The van der Waals surface area contributed by atoms with Crippen molar-refractivity contribution in [2.24, 2.45) is 0 Å². The molecule has 128 valence electrons. The van der Waals surface area contributed by atoms with Gasteiger partial charge in [0.2, 0.25) is 5.91 Å². The molecule has 0 fully saturated rings. The van der Waals surface area contributed by atoms with Crippen LogP contribution in [0.4, 0.5) is 11.4 Å². The standard InChI is InChI=1S/C18H16ClN3O3/c1-25-10-15(23)20-11-6-8-12(9-7-11)21-18(24)17-16(19)13-4-2-3-5-14(13)22-17/h2-9,22H,10H2,1H3,(H,20,23)(H,21,24). The van der Waals surface area contributed by atoms with Crippen molar-refractivity contribution in [2.45, 2.75) is 0 Å². The van der Waals surface area contributed by atoms with E-state index in [1.807, 2.05) is 24.3 Å². The topological polar surface area (TPSA) is 83.2 Å². The molecule has 1 aromatic heterocycles. The Balaban J connectivity index is 1.72. The molecule has 0 atom stereocenters. The van der Waals surface area contributed by atoms with Gasteiger partial charge < -0.3 is 20.4 Å². The largest absolute Gasteiger partial charge is 0.375 e. The van der Waals surface area contributed by atoms with E-state index in [1.54, 1.807) is 24.3 Å². The molecule has 0 spiro atoms. The summed E-state index contributed by atoms with van der Waals surface area (Å²) in [4.78, 5) is 26.9. The number of H-pyrrole nitrogens is 1. The van der Waals surface area contributed by atoms with Crippen LogP contribution >= 0.6 is 11.6 Å². The van der Waals surface area contributed by atoms with Crippen LogP contribution in [0.3, 0.4) is 0 Å². The summed E-state index contributed by atoms with van der Waals surface area (Å²) in [6.45, 7) is -0.0165. The number of hydrogen-bond donors (Lipinski definition) is 3. The molecule has 2 aromatic carbocycles. The lowest BCUT2D eigenvalue weighted by molar-refractivity contribution is -0.119. The number of carbonyl (C=O) groups is 2. The maximum atomic E-state index is 12.4. The lowest BCUT2D eigenvalue weighted by Crippen LogP contribution is -2.17. The Bertz CT molecular complexity index is 919. The number of nitrogens with one attached hydrogen (secondary N) is 3. The van der Waals surface area contributed by atoms with Crippen molar-refractivity contribution < 1.29 is 14.3 Å². The second-order valence-corrected chi connectivity index (χ2v) is 5.75. The van der Waals surface area contributed by atoms with Gasteiger partial charge in [-0.1, -0.05) is 29.8 Å². The molecule has 0 saturated carbocycles. The Kier molecular flexibility index (Phi) is 5.02. The van der Waals surface area contributed by atoms with Gasteiger partial charge in [-0.2, -0.15) is 0 Å². The van der Waals surface area contributed by atoms with Crippen LogP contribution in [0.15, 0.2) is 48.5 Å². The summed E-state index contributed by atoms with van der Waals surface area (Å²) in [5.74, 6) is -0.582. The van der Waals surface area contributed by atoms with E-state index >= 15 is 0 Å². The number of carbonyl (C=O) groups excluding carboxylic acids is 2. The molecule has 3 N–H and O–H groups in total. The van der Waals surface area contributed by atoms with Crippen molar-refractivity contribution >= 4 is 45.7 Å². The summed E-state index contributed by atoms with van der Waals surface area (Å²) >= 11 is 6.28. The van der Waals surface area contributed by atoms with Gasteiger partial charge in [-0.05, 0) is 30.3 Å². The number of para-hydroxylation sites is 1. The second-order valence-electron chi connectivity index (χ2n) is 5.37. The number of halogens is 1. The van der Waals surface area contributed by atoms with Gasteiger partial charge in [0.25, 0.3) is 5.91 Å². The van der Waals surface area contributed by atoms with Crippen molar-refractivity contribution in [1.29, 1.82) is 0 Å². The number of anilines is 2. The molecule has 0 aliphatic heterocycles. The van der Waals surface area contributed by atoms with E-state index in [4.69, 9.17) is 16.3 Å². The minimum Gasteiger partial charge on any atom is -0.375 e. The molecular weight excluding hydrogens is 342 g/mol. The third-order valence-electron chi connectivity index (χ3n) is 3.57. The van der Waals surface area contributed by atoms with Crippen molar-refractivity contribution in [3.8, 4) is 0 Å². The molecule has 0 unspecified atom stereocenters. The maximum absolute atomic E-state index is 12.4. The third kappa shape index (κ3) is 3.81. The minimum absolute atomic E-state index is 0.0165. The number of amides is 2. The van der Waals surface area contributed by atoms with Gasteiger partial charge in [0.15, 0.2) is 0 Å². The summed E-state index contributed by atoms with van der Waals surface area (Å²) in [5.41, 5.74) is 2.31. The van der Waals surface area contributed by atoms with Gasteiger partial charge in [0.1, 0.15) is 12.3 Å². The Morgan fingerprint density at radius 1 is 1.04 bits per heavy atom. The van der Waals surface area contributed by atoms with Crippen molar-refractivity contribution in [2.75, 3.05) is 24.4 Å². The molecule has 25 heavy (non-hydrogen) atoms. The number of ether oxygens (including phenoxy) is 1. The zero-order valence-corrected chi connectivity index (χ0v) is 14.2. The Morgan fingerprint density at radius 2 is 1.68 bits per heavy atom. The molecule has 0 aliphatic carbocycles. The SMILES string of the molecule is COCC(=O)Nc1ccc(NC(=O)c2[nH]c3ccccc3c2Cl)cc1.